The van der Waals surface area contributed by atoms with Crippen LogP contribution in [0.15, 0.2) is 36.5 Å². The van der Waals surface area contributed by atoms with Gasteiger partial charge in [-0.15, -0.1) is 0 Å². The van der Waals surface area contributed by atoms with Gasteiger partial charge in [0.25, 0.3) is 5.91 Å². The Hall–Kier alpha value is -2.36. The maximum absolute atomic E-state index is 12.5. The number of nitrogens with one attached hydrogen (secondary N) is 2. The molecule has 1 aromatic carbocycles. The minimum atomic E-state index is -3.50. The highest BCUT2D eigenvalue weighted by Crippen LogP contribution is 2.24. The van der Waals surface area contributed by atoms with Crippen LogP contribution < -0.4 is 14.9 Å². The first-order valence-corrected chi connectivity index (χ1v) is 11.4. The number of piperazine rings is 1. The largest absolute Gasteiger partial charge is 0.354 e. The molecule has 0 unspecified atom stereocenters. The summed E-state index contributed by atoms with van der Waals surface area (Å²) in [6, 6.07) is 8.29. The molecule has 2 heterocycles. The highest BCUT2D eigenvalue weighted by atomic mass is 35.5. The Morgan fingerprint density at radius 2 is 1.90 bits per heavy atom. The van der Waals surface area contributed by atoms with Gasteiger partial charge in [-0.1, -0.05) is 11.6 Å². The number of amides is 1. The van der Waals surface area contributed by atoms with E-state index >= 15 is 0 Å². The van der Waals surface area contributed by atoms with E-state index in [9.17, 15) is 13.2 Å². The number of aromatic nitrogens is 1. The van der Waals surface area contributed by atoms with Gasteiger partial charge in [-0.3, -0.25) is 9.52 Å². The second kappa shape index (κ2) is 8.98. The van der Waals surface area contributed by atoms with Crippen molar-refractivity contribution < 1.29 is 13.2 Å². The van der Waals surface area contributed by atoms with Gasteiger partial charge in [0.2, 0.25) is 10.0 Å². The van der Waals surface area contributed by atoms with Crippen molar-refractivity contribution in [3.05, 3.63) is 52.7 Å². The molecule has 156 valence electrons. The zero-order valence-corrected chi connectivity index (χ0v) is 17.9. The van der Waals surface area contributed by atoms with E-state index in [1.807, 2.05) is 12.1 Å². The lowest BCUT2D eigenvalue weighted by atomic mass is 10.2. The summed E-state index contributed by atoms with van der Waals surface area (Å²) in [7, 11) is -1.40. The van der Waals surface area contributed by atoms with Gasteiger partial charge in [0.1, 0.15) is 5.82 Å². The van der Waals surface area contributed by atoms with Crippen LogP contribution in [-0.4, -0.2) is 63.7 Å². The summed E-state index contributed by atoms with van der Waals surface area (Å²) in [5.41, 5.74) is 1.42. The van der Waals surface area contributed by atoms with E-state index in [-0.39, 0.29) is 16.6 Å². The van der Waals surface area contributed by atoms with Crippen molar-refractivity contribution in [2.75, 3.05) is 49.1 Å². The first-order valence-electron chi connectivity index (χ1n) is 9.15. The number of pyridine rings is 1. The molecule has 10 heteroatoms. The molecule has 0 saturated carbocycles. The van der Waals surface area contributed by atoms with E-state index in [4.69, 9.17) is 11.6 Å². The van der Waals surface area contributed by atoms with Crippen molar-refractivity contribution in [2.24, 2.45) is 0 Å². The van der Waals surface area contributed by atoms with Crippen LogP contribution in [0.2, 0.25) is 5.02 Å². The van der Waals surface area contributed by atoms with Crippen molar-refractivity contribution in [2.45, 2.75) is 6.54 Å². The van der Waals surface area contributed by atoms with E-state index < -0.39 is 10.0 Å². The molecule has 1 saturated heterocycles. The molecule has 1 aromatic heterocycles. The zero-order valence-electron chi connectivity index (χ0n) is 16.4. The molecule has 2 aromatic rings. The van der Waals surface area contributed by atoms with Crippen LogP contribution in [-0.2, 0) is 16.6 Å². The molecule has 29 heavy (non-hydrogen) atoms. The third kappa shape index (κ3) is 6.06. The average Bonchev–Trinajstić information content (AvgIpc) is 2.67. The molecular formula is C19H24ClN5O3S. The molecular weight excluding hydrogens is 414 g/mol. The standard InChI is InChI=1S/C19H24ClN5O3S/c1-24-7-9-25(10-8-24)18-11-14(5-6-21-18)13-22-19(26)15-3-4-16(20)17(12-15)23-29(2,27)28/h3-6,11-12,23H,7-10,13H2,1-2H3,(H,22,26). The molecule has 1 aliphatic heterocycles. The first kappa shape index (κ1) is 21.4. The smallest absolute Gasteiger partial charge is 0.251 e. The summed E-state index contributed by atoms with van der Waals surface area (Å²) < 4.78 is 25.2. The first-order chi connectivity index (χ1) is 13.7. The maximum atomic E-state index is 12.5. The van der Waals surface area contributed by atoms with Crippen LogP contribution in [0, 0.1) is 0 Å². The molecule has 1 aliphatic rings. The lowest BCUT2D eigenvalue weighted by Crippen LogP contribution is -2.44. The Morgan fingerprint density at radius 3 is 2.59 bits per heavy atom. The number of benzene rings is 1. The third-order valence-corrected chi connectivity index (χ3v) is 5.53. The Morgan fingerprint density at radius 1 is 1.17 bits per heavy atom. The normalized spacial score (nSPS) is 15.2. The monoisotopic (exact) mass is 437 g/mol. The number of anilines is 2. The highest BCUT2D eigenvalue weighted by Gasteiger charge is 2.16. The zero-order chi connectivity index (χ0) is 21.0. The molecule has 0 aliphatic carbocycles. The Labute approximate surface area is 175 Å². The van der Waals surface area contributed by atoms with Crippen LogP contribution in [0.25, 0.3) is 0 Å². The summed E-state index contributed by atoms with van der Waals surface area (Å²) in [6.07, 6.45) is 2.77. The van der Waals surface area contributed by atoms with E-state index in [1.165, 1.54) is 12.1 Å². The van der Waals surface area contributed by atoms with Gasteiger partial charge in [0.15, 0.2) is 0 Å². The summed E-state index contributed by atoms with van der Waals surface area (Å²) in [5.74, 6) is 0.576. The van der Waals surface area contributed by atoms with E-state index in [1.54, 1.807) is 12.3 Å². The van der Waals surface area contributed by atoms with E-state index in [2.05, 4.69) is 31.9 Å². The van der Waals surface area contributed by atoms with Gasteiger partial charge in [-0.05, 0) is 42.9 Å². The van der Waals surface area contributed by atoms with Gasteiger partial charge in [0.05, 0.1) is 17.0 Å². The van der Waals surface area contributed by atoms with E-state index in [0.29, 0.717) is 12.1 Å². The quantitative estimate of drug-likeness (QED) is 0.715. The predicted octanol–water partition coefficient (Wildman–Crippen LogP) is 1.79. The fourth-order valence-corrected chi connectivity index (χ4v) is 3.80. The molecule has 1 amide bonds. The number of likely N-dealkylation sites (N-methyl/N-ethyl adjacent to an activating group) is 1. The minimum absolute atomic E-state index is 0.170. The van der Waals surface area contributed by atoms with Crippen LogP contribution >= 0.6 is 11.6 Å². The fourth-order valence-electron chi connectivity index (χ4n) is 3.01. The number of sulfonamides is 1. The molecule has 0 spiro atoms. The van der Waals surface area contributed by atoms with Gasteiger partial charge >= 0.3 is 0 Å². The maximum Gasteiger partial charge on any atom is 0.251 e. The predicted molar refractivity (Wildman–Crippen MR) is 115 cm³/mol. The SMILES string of the molecule is CN1CCN(c2cc(CNC(=O)c3ccc(Cl)c(NS(C)(=O)=O)c3)ccn2)CC1. The van der Waals surface area contributed by atoms with Crippen molar-refractivity contribution >= 4 is 39.0 Å². The summed E-state index contributed by atoms with van der Waals surface area (Å²) >= 11 is 6.01. The van der Waals surface area contributed by atoms with Gasteiger partial charge < -0.3 is 15.1 Å². The number of hydrogen-bond donors (Lipinski definition) is 2. The number of carbonyl (C=O) groups excluding carboxylic acids is 1. The van der Waals surface area contributed by atoms with Crippen LogP contribution in [0.4, 0.5) is 11.5 Å². The lowest BCUT2D eigenvalue weighted by molar-refractivity contribution is 0.0951. The Balaban J connectivity index is 1.65. The number of nitrogens with zero attached hydrogens (tertiary/aromatic N) is 3. The summed E-state index contributed by atoms with van der Waals surface area (Å²) in [6.45, 7) is 4.14. The molecule has 8 nitrogen and oxygen atoms in total. The average molecular weight is 438 g/mol. The summed E-state index contributed by atoms with van der Waals surface area (Å²) in [4.78, 5) is 21.5. The fraction of sp³-hybridized carbons (Fsp3) is 0.368. The van der Waals surface area contributed by atoms with Crippen molar-refractivity contribution in [1.82, 2.24) is 15.2 Å². The molecule has 2 N–H and O–H groups in total. The third-order valence-electron chi connectivity index (χ3n) is 4.61. The van der Waals surface area contributed by atoms with Crippen molar-refractivity contribution in [3.63, 3.8) is 0 Å². The summed E-state index contributed by atoms with van der Waals surface area (Å²) in [5, 5.41) is 3.07. The number of halogens is 1. The van der Waals surface area contributed by atoms with E-state index in [0.717, 1.165) is 43.8 Å². The second-order valence-corrected chi connectivity index (χ2v) is 9.22. The molecule has 0 radical (unpaired) electrons. The van der Waals surface area contributed by atoms with Gasteiger partial charge in [0, 0.05) is 44.5 Å². The molecule has 0 bridgehead atoms. The molecule has 3 rings (SSSR count). The Kier molecular flexibility index (Phi) is 6.61. The van der Waals surface area contributed by atoms with Crippen molar-refractivity contribution in [3.8, 4) is 0 Å². The van der Waals surface area contributed by atoms with Crippen LogP contribution in [0.5, 0.6) is 0 Å². The Bertz CT molecular complexity index is 991. The van der Waals surface area contributed by atoms with Crippen LogP contribution in [0.3, 0.4) is 0 Å². The minimum Gasteiger partial charge on any atom is -0.354 e. The number of rotatable bonds is 6. The van der Waals surface area contributed by atoms with Gasteiger partial charge in [-0.25, -0.2) is 13.4 Å². The number of hydrogen-bond acceptors (Lipinski definition) is 6. The number of carbonyl (C=O) groups is 1. The lowest BCUT2D eigenvalue weighted by Gasteiger charge is -2.33. The highest BCUT2D eigenvalue weighted by molar-refractivity contribution is 7.92. The topological polar surface area (TPSA) is 94.6 Å². The molecule has 0 atom stereocenters. The molecule has 1 fully saturated rings. The van der Waals surface area contributed by atoms with Crippen molar-refractivity contribution in [1.29, 1.82) is 0 Å². The second-order valence-electron chi connectivity index (χ2n) is 7.06. The van der Waals surface area contributed by atoms with Gasteiger partial charge in [-0.2, -0.15) is 0 Å². The van der Waals surface area contributed by atoms with Crippen LogP contribution in [0.1, 0.15) is 15.9 Å².